The van der Waals surface area contributed by atoms with Gasteiger partial charge in [-0.25, -0.2) is 4.39 Å². The van der Waals surface area contributed by atoms with Gasteiger partial charge in [0.2, 0.25) is 5.91 Å². The molecule has 2 rings (SSSR count). The topological polar surface area (TPSA) is 67.9 Å². The lowest BCUT2D eigenvalue weighted by Gasteiger charge is -2.16. The molecule has 0 aliphatic heterocycles. The Labute approximate surface area is 163 Å². The number of anilines is 1. The van der Waals surface area contributed by atoms with Gasteiger partial charge >= 0.3 is 0 Å². The normalized spacial score (nSPS) is 10.5. The van der Waals surface area contributed by atoms with E-state index in [1.54, 1.807) is 12.1 Å². The number of methoxy groups -OCH3 is 1. The highest BCUT2D eigenvalue weighted by atomic mass is 79.9. The van der Waals surface area contributed by atoms with Crippen molar-refractivity contribution in [2.45, 2.75) is 0 Å². The molecule has 2 amide bonds. The largest absolute Gasteiger partial charge is 0.488 e. The van der Waals surface area contributed by atoms with E-state index in [-0.39, 0.29) is 30.5 Å². The van der Waals surface area contributed by atoms with Gasteiger partial charge in [0, 0.05) is 25.9 Å². The summed E-state index contributed by atoms with van der Waals surface area (Å²) in [5.74, 6) is -1.20. The lowest BCUT2D eigenvalue weighted by Crippen LogP contribution is -2.34. The van der Waals surface area contributed by atoms with Crippen LogP contribution >= 0.6 is 27.3 Å². The molecule has 1 aromatic heterocycles. The Hall–Kier alpha value is -1.97. The third-order valence-electron chi connectivity index (χ3n) is 3.27. The second-order valence-corrected chi connectivity index (χ2v) is 7.76. The van der Waals surface area contributed by atoms with E-state index in [0.717, 1.165) is 9.85 Å². The molecule has 0 saturated carbocycles. The van der Waals surface area contributed by atoms with Crippen LogP contribution in [-0.4, -0.2) is 50.6 Å². The van der Waals surface area contributed by atoms with E-state index in [9.17, 15) is 14.0 Å². The molecule has 1 N–H and O–H groups in total. The second kappa shape index (κ2) is 9.65. The molecular weight excluding hydrogens is 427 g/mol. The van der Waals surface area contributed by atoms with Gasteiger partial charge in [-0.05, 0) is 40.2 Å². The molecule has 140 valence electrons. The Morgan fingerprint density at radius 3 is 2.65 bits per heavy atom. The first-order valence-electron chi connectivity index (χ1n) is 7.62. The zero-order valence-electron chi connectivity index (χ0n) is 14.3. The highest BCUT2D eigenvalue weighted by Gasteiger charge is 2.17. The predicted molar refractivity (Wildman–Crippen MR) is 101 cm³/mol. The highest BCUT2D eigenvalue weighted by Crippen LogP contribution is 2.23. The Morgan fingerprint density at radius 1 is 1.27 bits per heavy atom. The van der Waals surface area contributed by atoms with Gasteiger partial charge in [0.15, 0.2) is 11.6 Å². The fourth-order valence-electron chi connectivity index (χ4n) is 2.04. The summed E-state index contributed by atoms with van der Waals surface area (Å²) in [5.41, 5.74) is 0.284. The fourth-order valence-corrected chi connectivity index (χ4v) is 3.42. The number of hydrogen-bond donors (Lipinski definition) is 1. The van der Waals surface area contributed by atoms with Gasteiger partial charge in [-0.1, -0.05) is 0 Å². The average Bonchev–Trinajstić information content (AvgIpc) is 3.02. The number of halogens is 2. The third kappa shape index (κ3) is 5.79. The van der Waals surface area contributed by atoms with Gasteiger partial charge in [0.25, 0.3) is 5.91 Å². The van der Waals surface area contributed by atoms with Gasteiger partial charge < -0.3 is 19.7 Å². The van der Waals surface area contributed by atoms with Crippen molar-refractivity contribution < 1.29 is 23.5 Å². The molecule has 0 radical (unpaired) electrons. The number of nitrogens with one attached hydrogen (secondary N) is 1. The van der Waals surface area contributed by atoms with Gasteiger partial charge in [-0.2, -0.15) is 0 Å². The molecule has 9 heteroatoms. The zero-order valence-corrected chi connectivity index (χ0v) is 16.7. The number of hydrogen-bond acceptors (Lipinski definition) is 5. The Morgan fingerprint density at radius 2 is 2.04 bits per heavy atom. The van der Waals surface area contributed by atoms with Crippen molar-refractivity contribution in [3.63, 3.8) is 0 Å². The number of ether oxygens (including phenoxy) is 2. The molecule has 0 fully saturated rings. The van der Waals surface area contributed by atoms with Crippen LogP contribution in [0.15, 0.2) is 34.1 Å². The van der Waals surface area contributed by atoms with Crippen LogP contribution in [0.4, 0.5) is 10.1 Å². The molecule has 1 heterocycles. The number of carbonyl (C=O) groups excluding carboxylic acids is 2. The van der Waals surface area contributed by atoms with E-state index in [4.69, 9.17) is 9.47 Å². The van der Waals surface area contributed by atoms with Crippen molar-refractivity contribution in [3.8, 4) is 5.75 Å². The van der Waals surface area contributed by atoms with Crippen LogP contribution in [0.3, 0.4) is 0 Å². The minimum Gasteiger partial charge on any atom is -0.488 e. The van der Waals surface area contributed by atoms with Gasteiger partial charge in [0.05, 0.1) is 21.8 Å². The summed E-state index contributed by atoms with van der Waals surface area (Å²) >= 11 is 4.58. The lowest BCUT2D eigenvalue weighted by atomic mass is 10.3. The van der Waals surface area contributed by atoms with Crippen molar-refractivity contribution >= 4 is 44.8 Å². The molecule has 2 aromatic rings. The standard InChI is InChI=1S/C17H18BrFN2O4S/c1-21(17(23)14-5-6-15(18)26-14)10-16(22)20-11-3-4-13(12(19)9-11)25-8-7-24-2/h3-6,9H,7-8,10H2,1-2H3,(H,20,22). The first kappa shape index (κ1) is 20.3. The summed E-state index contributed by atoms with van der Waals surface area (Å²) in [7, 11) is 3.06. The van der Waals surface area contributed by atoms with Crippen molar-refractivity contribution in [1.82, 2.24) is 4.90 Å². The molecular formula is C17H18BrFN2O4S. The van der Waals surface area contributed by atoms with Crippen LogP contribution in [0.5, 0.6) is 5.75 Å². The molecule has 0 bridgehead atoms. The minimum absolute atomic E-state index is 0.0793. The third-order valence-corrected chi connectivity index (χ3v) is 4.88. The molecule has 26 heavy (non-hydrogen) atoms. The van der Waals surface area contributed by atoms with Gasteiger partial charge in [-0.3, -0.25) is 9.59 Å². The quantitative estimate of drug-likeness (QED) is 0.633. The summed E-state index contributed by atoms with van der Waals surface area (Å²) in [6.07, 6.45) is 0. The van der Waals surface area contributed by atoms with E-state index in [2.05, 4.69) is 21.2 Å². The Kier molecular flexibility index (Phi) is 7.55. The number of benzene rings is 1. The van der Waals surface area contributed by atoms with Gasteiger partial charge in [0.1, 0.15) is 6.61 Å². The van der Waals surface area contributed by atoms with E-state index in [1.165, 1.54) is 42.5 Å². The van der Waals surface area contributed by atoms with Crippen molar-refractivity contribution in [2.24, 2.45) is 0 Å². The SMILES string of the molecule is COCCOc1ccc(NC(=O)CN(C)C(=O)c2ccc(Br)s2)cc1F. The number of carbonyl (C=O) groups is 2. The summed E-state index contributed by atoms with van der Waals surface area (Å²) in [6.45, 7) is 0.423. The van der Waals surface area contributed by atoms with Crippen LogP contribution in [-0.2, 0) is 9.53 Å². The molecule has 6 nitrogen and oxygen atoms in total. The smallest absolute Gasteiger partial charge is 0.264 e. The summed E-state index contributed by atoms with van der Waals surface area (Å²) in [5, 5.41) is 2.56. The number of amides is 2. The van der Waals surface area contributed by atoms with Crippen molar-refractivity contribution in [3.05, 3.63) is 44.8 Å². The fraction of sp³-hybridized carbons (Fsp3) is 0.294. The van der Waals surface area contributed by atoms with Crippen LogP contribution in [0, 0.1) is 5.82 Å². The predicted octanol–water partition coefficient (Wildman–Crippen LogP) is 3.39. The summed E-state index contributed by atoms with van der Waals surface area (Å²) < 4.78 is 24.8. The van der Waals surface area contributed by atoms with E-state index >= 15 is 0 Å². The molecule has 0 saturated heterocycles. The second-order valence-electron chi connectivity index (χ2n) is 5.30. The monoisotopic (exact) mass is 444 g/mol. The molecule has 0 unspecified atom stereocenters. The number of nitrogens with zero attached hydrogens (tertiary/aromatic N) is 1. The van der Waals surface area contributed by atoms with Crippen LogP contribution in [0.1, 0.15) is 9.67 Å². The first-order valence-corrected chi connectivity index (χ1v) is 9.23. The average molecular weight is 445 g/mol. The number of rotatable bonds is 8. The van der Waals surface area contributed by atoms with E-state index in [1.807, 2.05) is 0 Å². The van der Waals surface area contributed by atoms with Crippen LogP contribution in [0.2, 0.25) is 0 Å². The first-order chi connectivity index (χ1) is 12.4. The lowest BCUT2D eigenvalue weighted by molar-refractivity contribution is -0.116. The van der Waals surface area contributed by atoms with Crippen molar-refractivity contribution in [2.75, 3.05) is 39.2 Å². The molecule has 0 aliphatic rings. The minimum atomic E-state index is -0.591. The summed E-state index contributed by atoms with van der Waals surface area (Å²) in [6, 6.07) is 7.58. The van der Waals surface area contributed by atoms with Gasteiger partial charge in [-0.15, -0.1) is 11.3 Å². The molecule has 0 atom stereocenters. The Bertz CT molecular complexity index is 784. The molecule has 1 aromatic carbocycles. The van der Waals surface area contributed by atoms with Crippen molar-refractivity contribution in [1.29, 1.82) is 0 Å². The number of likely N-dealkylation sites (N-methyl/N-ethyl adjacent to an activating group) is 1. The van der Waals surface area contributed by atoms with Crippen LogP contribution in [0.25, 0.3) is 0 Å². The molecule has 0 aliphatic carbocycles. The maximum Gasteiger partial charge on any atom is 0.264 e. The summed E-state index contributed by atoms with van der Waals surface area (Å²) in [4.78, 5) is 26.1. The van der Waals surface area contributed by atoms with Crippen LogP contribution < -0.4 is 10.1 Å². The molecule has 0 spiro atoms. The maximum atomic E-state index is 14.0. The number of thiophene rings is 1. The van der Waals surface area contributed by atoms with E-state index < -0.39 is 11.7 Å². The Balaban J connectivity index is 1.90. The highest BCUT2D eigenvalue weighted by molar-refractivity contribution is 9.11. The van der Waals surface area contributed by atoms with E-state index in [0.29, 0.717) is 11.5 Å². The maximum absolute atomic E-state index is 14.0. The zero-order chi connectivity index (χ0) is 19.1.